The summed E-state index contributed by atoms with van der Waals surface area (Å²) in [4.78, 5) is 24.2. The van der Waals surface area contributed by atoms with Crippen LogP contribution in [0.5, 0.6) is 0 Å². The number of nitrogens with one attached hydrogen (secondary N) is 1. The Morgan fingerprint density at radius 1 is 1.40 bits per heavy atom. The normalized spacial score (nSPS) is 10.2. The van der Waals surface area contributed by atoms with Gasteiger partial charge in [-0.2, -0.15) is 0 Å². The smallest absolute Gasteiger partial charge is 0.241 e. The van der Waals surface area contributed by atoms with E-state index in [9.17, 15) is 9.59 Å². The maximum atomic E-state index is 11.6. The van der Waals surface area contributed by atoms with E-state index in [0.717, 1.165) is 0 Å². The second-order valence-electron chi connectivity index (χ2n) is 3.81. The van der Waals surface area contributed by atoms with Crippen LogP contribution >= 0.6 is 0 Å². The fourth-order valence-corrected chi connectivity index (χ4v) is 1.21. The van der Waals surface area contributed by atoms with Crippen molar-refractivity contribution in [3.05, 3.63) is 0 Å². The Labute approximate surface area is 91.0 Å². The van der Waals surface area contributed by atoms with E-state index in [1.807, 2.05) is 6.92 Å². The van der Waals surface area contributed by atoms with E-state index < -0.39 is 0 Å². The molecular formula is C10H21N3O2. The van der Waals surface area contributed by atoms with Gasteiger partial charge in [0.1, 0.15) is 0 Å². The molecule has 0 spiro atoms. The first-order valence-corrected chi connectivity index (χ1v) is 5.25. The van der Waals surface area contributed by atoms with Crippen molar-refractivity contribution in [2.75, 3.05) is 26.2 Å². The Balaban J connectivity index is 3.99. The summed E-state index contributed by atoms with van der Waals surface area (Å²) in [7, 11) is 0. The Hall–Kier alpha value is -1.10. The molecule has 0 fully saturated rings. The molecule has 0 heterocycles. The highest BCUT2D eigenvalue weighted by Gasteiger charge is 2.13. The Kier molecular flexibility index (Phi) is 6.70. The first kappa shape index (κ1) is 13.9. The van der Waals surface area contributed by atoms with Gasteiger partial charge in [0.15, 0.2) is 0 Å². The molecule has 0 atom stereocenters. The van der Waals surface area contributed by atoms with Crippen LogP contribution in [0.1, 0.15) is 20.8 Å². The summed E-state index contributed by atoms with van der Waals surface area (Å²) in [6.45, 7) is 7.36. The van der Waals surface area contributed by atoms with E-state index in [1.54, 1.807) is 4.90 Å². The third-order valence-electron chi connectivity index (χ3n) is 1.94. The van der Waals surface area contributed by atoms with Crippen LogP contribution in [-0.2, 0) is 9.59 Å². The van der Waals surface area contributed by atoms with Crippen molar-refractivity contribution >= 4 is 11.8 Å². The van der Waals surface area contributed by atoms with Gasteiger partial charge < -0.3 is 16.0 Å². The van der Waals surface area contributed by atoms with Gasteiger partial charge in [0, 0.05) is 13.1 Å². The standard InChI is InChI=1S/C10H21N3O2/c1-4-13(7-8(2)3)10(15)6-12-9(14)5-11/h8H,4-7,11H2,1-3H3,(H,12,14). The third kappa shape index (κ3) is 6.06. The van der Waals surface area contributed by atoms with E-state index in [0.29, 0.717) is 19.0 Å². The lowest BCUT2D eigenvalue weighted by atomic mass is 10.2. The number of rotatable bonds is 6. The molecule has 3 N–H and O–H groups in total. The number of nitrogens with two attached hydrogens (primary N) is 1. The highest BCUT2D eigenvalue weighted by Crippen LogP contribution is 1.98. The van der Waals surface area contributed by atoms with Crippen molar-refractivity contribution in [2.24, 2.45) is 11.7 Å². The molecule has 0 aliphatic heterocycles. The monoisotopic (exact) mass is 215 g/mol. The number of likely N-dealkylation sites (N-methyl/N-ethyl adjacent to an activating group) is 1. The maximum absolute atomic E-state index is 11.6. The second kappa shape index (κ2) is 7.23. The van der Waals surface area contributed by atoms with E-state index in [-0.39, 0.29) is 24.9 Å². The van der Waals surface area contributed by atoms with Gasteiger partial charge in [0.25, 0.3) is 0 Å². The van der Waals surface area contributed by atoms with Crippen LogP contribution in [0.4, 0.5) is 0 Å². The Bertz CT molecular complexity index is 217. The molecule has 0 unspecified atom stereocenters. The SMILES string of the molecule is CCN(CC(C)C)C(=O)CNC(=O)CN. The minimum atomic E-state index is -0.302. The average molecular weight is 215 g/mol. The zero-order chi connectivity index (χ0) is 11.8. The van der Waals surface area contributed by atoms with Gasteiger partial charge in [-0.15, -0.1) is 0 Å². The lowest BCUT2D eigenvalue weighted by Crippen LogP contribution is -2.43. The minimum Gasteiger partial charge on any atom is -0.346 e. The van der Waals surface area contributed by atoms with E-state index in [1.165, 1.54) is 0 Å². The molecule has 0 saturated heterocycles. The van der Waals surface area contributed by atoms with Crippen LogP contribution in [0.15, 0.2) is 0 Å². The zero-order valence-electron chi connectivity index (χ0n) is 9.75. The molecule has 0 aromatic rings. The average Bonchev–Trinajstić information content (AvgIpc) is 2.21. The molecule has 2 amide bonds. The van der Waals surface area contributed by atoms with Crippen molar-refractivity contribution < 1.29 is 9.59 Å². The molecular weight excluding hydrogens is 194 g/mol. The molecule has 0 aromatic heterocycles. The predicted molar refractivity (Wildman–Crippen MR) is 59.2 cm³/mol. The van der Waals surface area contributed by atoms with Gasteiger partial charge in [0.05, 0.1) is 13.1 Å². The van der Waals surface area contributed by atoms with Crippen LogP contribution in [0.25, 0.3) is 0 Å². The number of hydrogen-bond acceptors (Lipinski definition) is 3. The van der Waals surface area contributed by atoms with E-state index in [2.05, 4.69) is 19.2 Å². The van der Waals surface area contributed by atoms with Gasteiger partial charge in [-0.1, -0.05) is 13.8 Å². The molecule has 0 saturated carbocycles. The summed E-state index contributed by atoms with van der Waals surface area (Å²) in [5.74, 6) is 0.0658. The van der Waals surface area contributed by atoms with Crippen LogP contribution in [-0.4, -0.2) is 42.9 Å². The predicted octanol–water partition coefficient (Wildman–Crippen LogP) is -0.434. The lowest BCUT2D eigenvalue weighted by molar-refractivity contribution is -0.132. The molecule has 0 aromatic carbocycles. The summed E-state index contributed by atoms with van der Waals surface area (Å²) >= 11 is 0. The molecule has 5 heteroatoms. The Morgan fingerprint density at radius 2 is 2.00 bits per heavy atom. The Morgan fingerprint density at radius 3 is 2.40 bits per heavy atom. The van der Waals surface area contributed by atoms with Gasteiger partial charge >= 0.3 is 0 Å². The molecule has 15 heavy (non-hydrogen) atoms. The van der Waals surface area contributed by atoms with Gasteiger partial charge in [0.2, 0.25) is 11.8 Å². The highest BCUT2D eigenvalue weighted by molar-refractivity contribution is 5.85. The maximum Gasteiger partial charge on any atom is 0.241 e. The molecule has 0 aliphatic rings. The van der Waals surface area contributed by atoms with Gasteiger partial charge in [-0.3, -0.25) is 9.59 Å². The summed E-state index contributed by atoms with van der Waals surface area (Å²) < 4.78 is 0. The number of hydrogen-bond donors (Lipinski definition) is 2. The van der Waals surface area contributed by atoms with E-state index in [4.69, 9.17) is 5.73 Å². The summed E-state index contributed by atoms with van der Waals surface area (Å²) in [6.07, 6.45) is 0. The largest absolute Gasteiger partial charge is 0.346 e. The highest BCUT2D eigenvalue weighted by atomic mass is 16.2. The number of amides is 2. The summed E-state index contributed by atoms with van der Waals surface area (Å²) in [5, 5.41) is 2.46. The second-order valence-corrected chi connectivity index (χ2v) is 3.81. The molecule has 0 bridgehead atoms. The van der Waals surface area contributed by atoms with Crippen LogP contribution in [0.3, 0.4) is 0 Å². The summed E-state index contributed by atoms with van der Waals surface area (Å²) in [6, 6.07) is 0. The number of nitrogens with zero attached hydrogens (tertiary/aromatic N) is 1. The molecule has 0 radical (unpaired) electrons. The number of carbonyl (C=O) groups excluding carboxylic acids is 2. The lowest BCUT2D eigenvalue weighted by Gasteiger charge is -2.22. The minimum absolute atomic E-state index is 0.0383. The van der Waals surface area contributed by atoms with Crippen molar-refractivity contribution in [3.8, 4) is 0 Å². The fraction of sp³-hybridized carbons (Fsp3) is 0.800. The third-order valence-corrected chi connectivity index (χ3v) is 1.94. The van der Waals surface area contributed by atoms with Crippen LogP contribution in [0, 0.1) is 5.92 Å². The van der Waals surface area contributed by atoms with Crippen molar-refractivity contribution in [2.45, 2.75) is 20.8 Å². The van der Waals surface area contributed by atoms with E-state index >= 15 is 0 Å². The molecule has 0 aliphatic carbocycles. The topological polar surface area (TPSA) is 75.4 Å². The fourth-order valence-electron chi connectivity index (χ4n) is 1.21. The van der Waals surface area contributed by atoms with Crippen LogP contribution < -0.4 is 11.1 Å². The zero-order valence-corrected chi connectivity index (χ0v) is 9.75. The quantitative estimate of drug-likeness (QED) is 0.631. The first-order valence-electron chi connectivity index (χ1n) is 5.25. The number of carbonyl (C=O) groups is 2. The van der Waals surface area contributed by atoms with Gasteiger partial charge in [-0.05, 0) is 12.8 Å². The van der Waals surface area contributed by atoms with Gasteiger partial charge in [-0.25, -0.2) is 0 Å². The first-order chi connectivity index (χ1) is 7.01. The van der Waals surface area contributed by atoms with Crippen LogP contribution in [0.2, 0.25) is 0 Å². The molecule has 5 nitrogen and oxygen atoms in total. The van der Waals surface area contributed by atoms with Crippen molar-refractivity contribution in [1.29, 1.82) is 0 Å². The van der Waals surface area contributed by atoms with Crippen molar-refractivity contribution in [1.82, 2.24) is 10.2 Å². The molecule has 88 valence electrons. The molecule has 0 rings (SSSR count). The summed E-state index contributed by atoms with van der Waals surface area (Å²) in [5.41, 5.74) is 5.11. The van der Waals surface area contributed by atoms with Crippen molar-refractivity contribution in [3.63, 3.8) is 0 Å².